The molecule has 0 spiro atoms. The Morgan fingerprint density at radius 1 is 0.886 bits per heavy atom. The largest absolute Gasteiger partial charge is 0.453 e. The highest BCUT2D eigenvalue weighted by molar-refractivity contribution is 6.42. The van der Waals surface area contributed by atoms with Gasteiger partial charge in [-0.3, -0.25) is 4.79 Å². The van der Waals surface area contributed by atoms with E-state index in [1.165, 1.54) is 42.5 Å². The summed E-state index contributed by atoms with van der Waals surface area (Å²) in [6.45, 7) is 3.49. The number of hydrogen-bond donors (Lipinski definition) is 0. The predicted molar refractivity (Wildman–Crippen MR) is 125 cm³/mol. The van der Waals surface area contributed by atoms with E-state index >= 15 is 0 Å². The molecular weight excluding hydrogens is 508 g/mol. The van der Waals surface area contributed by atoms with Crippen LogP contribution in [0.25, 0.3) is 11.0 Å². The number of hydrogen-bond acceptors (Lipinski definition) is 5. The average molecular weight is 523 g/mol. The molecule has 35 heavy (non-hydrogen) atoms. The van der Waals surface area contributed by atoms with Crippen molar-refractivity contribution in [2.24, 2.45) is 0 Å². The minimum atomic E-state index is -5.03. The topological polar surface area (TPSA) is 65.7 Å². The smallest absolute Gasteiger partial charge is 0.449 e. The van der Waals surface area contributed by atoms with Crippen LogP contribution in [-0.4, -0.2) is 5.97 Å². The summed E-state index contributed by atoms with van der Waals surface area (Å²) >= 11 is 11.7. The van der Waals surface area contributed by atoms with Gasteiger partial charge < -0.3 is 13.9 Å². The molecular formula is C25H15Cl2F3O5. The number of alkyl halides is 3. The van der Waals surface area contributed by atoms with Gasteiger partial charge in [0, 0.05) is 6.07 Å². The second-order valence-electron chi connectivity index (χ2n) is 7.69. The van der Waals surface area contributed by atoms with E-state index in [2.05, 4.69) is 0 Å². The van der Waals surface area contributed by atoms with Crippen LogP contribution in [0.2, 0.25) is 10.0 Å². The molecule has 180 valence electrons. The van der Waals surface area contributed by atoms with Crippen LogP contribution in [0.1, 0.15) is 27.2 Å². The van der Waals surface area contributed by atoms with Gasteiger partial charge in [0.2, 0.25) is 11.2 Å². The van der Waals surface area contributed by atoms with Gasteiger partial charge in [0.05, 0.1) is 21.0 Å². The van der Waals surface area contributed by atoms with Crippen molar-refractivity contribution in [3.8, 4) is 17.2 Å². The number of halogens is 5. The highest BCUT2D eigenvalue weighted by Crippen LogP contribution is 2.39. The Morgan fingerprint density at radius 2 is 1.57 bits per heavy atom. The van der Waals surface area contributed by atoms with Crippen LogP contribution in [-0.2, 0) is 6.18 Å². The monoisotopic (exact) mass is 522 g/mol. The first-order valence-corrected chi connectivity index (χ1v) is 10.8. The third-order valence-electron chi connectivity index (χ3n) is 4.86. The standard InChI is InChI=1S/C25H15Cl2F3O5/c1-12-7-13(2)9-16(8-12)33-22-21(31)17-5-4-15(11-20(17)35-23(22)25(28,29)30)34-24(32)14-3-6-18(26)19(27)10-14/h3-11H,1-2H3. The Kier molecular flexibility index (Phi) is 6.53. The summed E-state index contributed by atoms with van der Waals surface area (Å²) in [6.07, 6.45) is -5.03. The third kappa shape index (κ3) is 5.28. The molecule has 0 saturated heterocycles. The first kappa shape index (κ1) is 24.6. The summed E-state index contributed by atoms with van der Waals surface area (Å²) in [7, 11) is 0. The van der Waals surface area contributed by atoms with E-state index in [0.29, 0.717) is 0 Å². The minimum Gasteiger partial charge on any atom is -0.449 e. The van der Waals surface area contributed by atoms with Crippen LogP contribution in [0.3, 0.4) is 0 Å². The fourth-order valence-electron chi connectivity index (χ4n) is 3.40. The lowest BCUT2D eigenvalue weighted by Crippen LogP contribution is -2.15. The molecule has 0 bridgehead atoms. The number of aryl methyl sites for hydroxylation is 2. The van der Waals surface area contributed by atoms with E-state index in [1.54, 1.807) is 19.9 Å². The molecule has 0 unspecified atom stereocenters. The normalized spacial score (nSPS) is 11.5. The molecule has 4 aromatic rings. The summed E-state index contributed by atoms with van der Waals surface area (Å²) in [4.78, 5) is 25.4. The molecule has 1 aromatic heterocycles. The third-order valence-corrected chi connectivity index (χ3v) is 5.60. The Labute approximate surface area is 206 Å². The van der Waals surface area contributed by atoms with Crippen molar-refractivity contribution in [1.82, 2.24) is 0 Å². The lowest BCUT2D eigenvalue weighted by atomic mass is 10.1. The minimum absolute atomic E-state index is 0.0619. The molecule has 10 heteroatoms. The number of ether oxygens (including phenoxy) is 2. The summed E-state index contributed by atoms with van der Waals surface area (Å²) in [5.41, 5.74) is 0.0862. The lowest BCUT2D eigenvalue weighted by Gasteiger charge is -2.14. The van der Waals surface area contributed by atoms with Crippen LogP contribution in [0, 0.1) is 13.8 Å². The SMILES string of the molecule is Cc1cc(C)cc(Oc2c(C(F)(F)F)oc3cc(OC(=O)c4ccc(Cl)c(Cl)c4)ccc3c2=O)c1. The van der Waals surface area contributed by atoms with Gasteiger partial charge in [0.15, 0.2) is 0 Å². The first-order valence-electron chi connectivity index (χ1n) is 10.0. The van der Waals surface area contributed by atoms with Gasteiger partial charge >= 0.3 is 12.1 Å². The number of rotatable bonds is 4. The van der Waals surface area contributed by atoms with Crippen LogP contribution < -0.4 is 14.9 Å². The van der Waals surface area contributed by atoms with Gasteiger partial charge in [0.1, 0.15) is 17.1 Å². The number of benzene rings is 3. The van der Waals surface area contributed by atoms with E-state index in [9.17, 15) is 22.8 Å². The fraction of sp³-hybridized carbons (Fsp3) is 0.120. The Bertz CT molecular complexity index is 1510. The number of carbonyl (C=O) groups excluding carboxylic acids is 1. The van der Waals surface area contributed by atoms with E-state index in [-0.39, 0.29) is 32.5 Å². The van der Waals surface area contributed by atoms with Crippen LogP contribution >= 0.6 is 23.2 Å². The summed E-state index contributed by atoms with van der Waals surface area (Å²) in [5.74, 6) is -3.52. The molecule has 0 N–H and O–H groups in total. The zero-order valence-electron chi connectivity index (χ0n) is 18.1. The molecule has 0 aliphatic rings. The number of fused-ring (bicyclic) bond motifs is 1. The second kappa shape index (κ2) is 9.28. The maximum Gasteiger partial charge on any atom is 0.453 e. The molecule has 4 rings (SSSR count). The van der Waals surface area contributed by atoms with Gasteiger partial charge in [-0.1, -0.05) is 29.3 Å². The van der Waals surface area contributed by atoms with Crippen molar-refractivity contribution in [3.05, 3.63) is 97.3 Å². The summed E-state index contributed by atoms with van der Waals surface area (Å²) in [6, 6.07) is 12.3. The highest BCUT2D eigenvalue weighted by Gasteiger charge is 2.40. The Morgan fingerprint density at radius 3 is 2.20 bits per heavy atom. The average Bonchev–Trinajstić information content (AvgIpc) is 2.76. The lowest BCUT2D eigenvalue weighted by molar-refractivity contribution is -0.154. The van der Waals surface area contributed by atoms with Gasteiger partial charge in [0.25, 0.3) is 5.76 Å². The molecule has 0 saturated carbocycles. The number of carbonyl (C=O) groups is 1. The van der Waals surface area contributed by atoms with Crippen molar-refractivity contribution in [1.29, 1.82) is 0 Å². The fourth-order valence-corrected chi connectivity index (χ4v) is 3.70. The molecule has 0 radical (unpaired) electrons. The summed E-state index contributed by atoms with van der Waals surface area (Å²) < 4.78 is 57.0. The quantitative estimate of drug-likeness (QED) is 0.202. The Balaban J connectivity index is 1.76. The van der Waals surface area contributed by atoms with Gasteiger partial charge in [-0.05, 0) is 67.4 Å². The summed E-state index contributed by atoms with van der Waals surface area (Å²) in [5, 5.41) is 0.165. The van der Waals surface area contributed by atoms with Crippen LogP contribution in [0.5, 0.6) is 17.2 Å². The van der Waals surface area contributed by atoms with E-state index in [1.807, 2.05) is 0 Å². The molecule has 0 atom stereocenters. The highest BCUT2D eigenvalue weighted by atomic mass is 35.5. The molecule has 1 heterocycles. The first-order chi connectivity index (χ1) is 16.4. The molecule has 5 nitrogen and oxygen atoms in total. The maximum absolute atomic E-state index is 13.8. The van der Waals surface area contributed by atoms with E-state index < -0.39 is 34.7 Å². The predicted octanol–water partition coefficient (Wildman–Crippen LogP) is 7.75. The molecule has 0 amide bonds. The van der Waals surface area contributed by atoms with Crippen molar-refractivity contribution in [2.45, 2.75) is 20.0 Å². The molecule has 0 aliphatic heterocycles. The van der Waals surface area contributed by atoms with Gasteiger partial charge in [-0.15, -0.1) is 0 Å². The van der Waals surface area contributed by atoms with E-state index in [4.69, 9.17) is 37.1 Å². The van der Waals surface area contributed by atoms with E-state index in [0.717, 1.165) is 17.2 Å². The van der Waals surface area contributed by atoms with Crippen molar-refractivity contribution >= 4 is 40.1 Å². The van der Waals surface area contributed by atoms with Gasteiger partial charge in [-0.25, -0.2) is 4.79 Å². The zero-order valence-corrected chi connectivity index (χ0v) is 19.6. The molecule has 3 aromatic carbocycles. The van der Waals surface area contributed by atoms with Crippen molar-refractivity contribution < 1.29 is 31.9 Å². The zero-order chi connectivity index (χ0) is 25.5. The van der Waals surface area contributed by atoms with Crippen molar-refractivity contribution in [3.63, 3.8) is 0 Å². The van der Waals surface area contributed by atoms with Crippen molar-refractivity contribution in [2.75, 3.05) is 0 Å². The van der Waals surface area contributed by atoms with Crippen LogP contribution in [0.4, 0.5) is 13.2 Å². The maximum atomic E-state index is 13.8. The molecule has 0 fully saturated rings. The second-order valence-corrected chi connectivity index (χ2v) is 8.50. The number of esters is 1. The molecule has 0 aliphatic carbocycles. The van der Waals surface area contributed by atoms with Gasteiger partial charge in [-0.2, -0.15) is 13.2 Å². The Hall–Kier alpha value is -3.49. The van der Waals surface area contributed by atoms with Crippen LogP contribution in [0.15, 0.2) is 63.8 Å².